The van der Waals surface area contributed by atoms with Crippen molar-refractivity contribution in [3.05, 3.63) is 66.2 Å². The fraction of sp³-hybridized carbons (Fsp3) is 0.375. The zero-order valence-corrected chi connectivity index (χ0v) is 21.8. The van der Waals surface area contributed by atoms with Crippen LogP contribution in [0.5, 0.6) is 11.5 Å². The van der Waals surface area contributed by atoms with Crippen LogP contribution in [0.2, 0.25) is 0 Å². The van der Waals surface area contributed by atoms with Gasteiger partial charge in [0, 0.05) is 18.8 Å². The van der Waals surface area contributed by atoms with Crippen molar-refractivity contribution in [3.63, 3.8) is 0 Å². The van der Waals surface area contributed by atoms with Gasteiger partial charge in [-0.25, -0.2) is 4.99 Å². The maximum atomic E-state index is 5.73. The van der Waals surface area contributed by atoms with Crippen LogP contribution < -0.4 is 20.1 Å². The molecule has 8 nitrogen and oxygen atoms in total. The Morgan fingerprint density at radius 2 is 1.73 bits per heavy atom. The highest BCUT2D eigenvalue weighted by Crippen LogP contribution is 2.28. The number of hydrogen-bond acceptors (Lipinski definition) is 5. The van der Waals surface area contributed by atoms with Crippen molar-refractivity contribution in [2.45, 2.75) is 33.7 Å². The topological polar surface area (TPSA) is 85.6 Å². The van der Waals surface area contributed by atoms with Crippen molar-refractivity contribution in [1.82, 2.24) is 25.4 Å². The van der Waals surface area contributed by atoms with Crippen molar-refractivity contribution < 1.29 is 9.47 Å². The van der Waals surface area contributed by atoms with E-state index in [9.17, 15) is 0 Å². The molecule has 0 radical (unpaired) electrons. The Bertz CT molecular complexity index is 994. The number of hydrogen-bond donors (Lipinski definition) is 2. The highest BCUT2D eigenvalue weighted by atomic mass is 127. The van der Waals surface area contributed by atoms with Gasteiger partial charge in [-0.3, -0.25) is 4.57 Å². The van der Waals surface area contributed by atoms with Crippen LogP contribution in [0.4, 0.5) is 0 Å². The smallest absolute Gasteiger partial charge is 0.191 e. The lowest BCUT2D eigenvalue weighted by molar-refractivity contribution is 0.287. The van der Waals surface area contributed by atoms with Gasteiger partial charge >= 0.3 is 0 Å². The van der Waals surface area contributed by atoms with Gasteiger partial charge in [-0.2, -0.15) is 0 Å². The highest BCUT2D eigenvalue weighted by Gasteiger charge is 2.08. The number of benzene rings is 2. The Hall–Kier alpha value is -2.82. The molecule has 178 valence electrons. The van der Waals surface area contributed by atoms with Gasteiger partial charge in [0.15, 0.2) is 23.3 Å². The van der Waals surface area contributed by atoms with Crippen LogP contribution in [-0.2, 0) is 13.0 Å². The zero-order chi connectivity index (χ0) is 22.6. The molecule has 0 atom stereocenters. The Balaban J connectivity index is 0.00000385. The van der Waals surface area contributed by atoms with E-state index in [1.165, 1.54) is 5.56 Å². The molecule has 0 aliphatic rings. The van der Waals surface area contributed by atoms with Gasteiger partial charge in [-0.05, 0) is 57.0 Å². The third kappa shape index (κ3) is 7.92. The van der Waals surface area contributed by atoms with Gasteiger partial charge in [0.25, 0.3) is 0 Å². The number of aromatic nitrogens is 3. The van der Waals surface area contributed by atoms with Crippen molar-refractivity contribution in [3.8, 4) is 17.2 Å². The average Bonchev–Trinajstić information content (AvgIpc) is 3.29. The third-order valence-electron chi connectivity index (χ3n) is 4.69. The Morgan fingerprint density at radius 1 is 0.970 bits per heavy atom. The summed E-state index contributed by atoms with van der Waals surface area (Å²) < 4.78 is 13.3. The van der Waals surface area contributed by atoms with E-state index in [4.69, 9.17) is 9.47 Å². The molecule has 0 aliphatic carbocycles. The molecule has 2 aromatic carbocycles. The molecule has 3 rings (SSSR count). The quantitative estimate of drug-likeness (QED) is 0.208. The highest BCUT2D eigenvalue weighted by molar-refractivity contribution is 14.0. The summed E-state index contributed by atoms with van der Waals surface area (Å²) in [6, 6.07) is 16.1. The zero-order valence-electron chi connectivity index (χ0n) is 19.5. The first-order chi connectivity index (χ1) is 15.7. The molecule has 3 aromatic rings. The summed E-state index contributed by atoms with van der Waals surface area (Å²) in [6.45, 7) is 9.13. The Labute approximate surface area is 212 Å². The molecule has 0 saturated heterocycles. The van der Waals surface area contributed by atoms with Crippen molar-refractivity contribution in [1.29, 1.82) is 0 Å². The minimum absolute atomic E-state index is 0. The molecule has 0 bridgehead atoms. The van der Waals surface area contributed by atoms with Gasteiger partial charge in [-0.1, -0.05) is 24.3 Å². The first kappa shape index (κ1) is 26.4. The van der Waals surface area contributed by atoms with Crippen molar-refractivity contribution >= 4 is 29.9 Å². The molecule has 9 heteroatoms. The third-order valence-corrected chi connectivity index (χ3v) is 4.69. The maximum absolute atomic E-state index is 5.73. The molecule has 1 heterocycles. The largest absolute Gasteiger partial charge is 0.490 e. The number of ether oxygens (including phenoxy) is 2. The predicted molar refractivity (Wildman–Crippen MR) is 142 cm³/mol. The molecule has 0 unspecified atom stereocenters. The maximum Gasteiger partial charge on any atom is 0.191 e. The van der Waals surface area contributed by atoms with Crippen molar-refractivity contribution in [2.75, 3.05) is 26.3 Å². The van der Waals surface area contributed by atoms with Gasteiger partial charge in [0.2, 0.25) is 0 Å². The summed E-state index contributed by atoms with van der Waals surface area (Å²) in [7, 11) is 0. The van der Waals surface area contributed by atoms with Crippen molar-refractivity contribution in [2.24, 2.45) is 4.99 Å². The fourth-order valence-electron chi connectivity index (χ4n) is 3.24. The molecule has 0 aliphatic heterocycles. The monoisotopic (exact) mass is 564 g/mol. The Kier molecular flexibility index (Phi) is 11.5. The molecule has 1 aromatic heterocycles. The number of halogens is 1. The molecular weight excluding hydrogens is 531 g/mol. The first-order valence-corrected chi connectivity index (χ1v) is 11.1. The number of nitrogens with zero attached hydrogens (tertiary/aromatic N) is 4. The first-order valence-electron chi connectivity index (χ1n) is 11.1. The number of aliphatic imine (C=N–C) groups is 1. The van der Waals surface area contributed by atoms with E-state index < -0.39 is 0 Å². The van der Waals surface area contributed by atoms with Crippen LogP contribution in [0, 0.1) is 0 Å². The van der Waals surface area contributed by atoms with Gasteiger partial charge in [0.1, 0.15) is 12.9 Å². The lowest BCUT2D eigenvalue weighted by atomic mass is 10.1. The number of guanidine groups is 1. The van der Waals surface area contributed by atoms with Crippen LogP contribution in [0.25, 0.3) is 5.69 Å². The van der Waals surface area contributed by atoms with Crippen LogP contribution >= 0.6 is 24.0 Å². The molecule has 2 N–H and O–H groups in total. The normalized spacial score (nSPS) is 10.9. The second kappa shape index (κ2) is 14.4. The van der Waals surface area contributed by atoms with Crippen LogP contribution in [-0.4, -0.2) is 47.0 Å². The lowest BCUT2D eigenvalue weighted by Gasteiger charge is -2.14. The summed E-state index contributed by atoms with van der Waals surface area (Å²) in [5.74, 6) is 3.09. The Morgan fingerprint density at radius 3 is 2.45 bits per heavy atom. The van der Waals surface area contributed by atoms with Gasteiger partial charge < -0.3 is 20.1 Å². The van der Waals surface area contributed by atoms with Gasteiger partial charge in [0.05, 0.1) is 13.2 Å². The molecule has 0 saturated carbocycles. The second-order valence-electron chi connectivity index (χ2n) is 6.97. The molecule has 0 fully saturated rings. The van der Waals surface area contributed by atoms with Gasteiger partial charge in [-0.15, -0.1) is 34.2 Å². The summed E-state index contributed by atoms with van der Waals surface area (Å²) in [5, 5.41) is 15.0. The van der Waals surface area contributed by atoms with Crippen LogP contribution in [0.1, 0.15) is 32.2 Å². The standard InChI is InChI=1S/C24H32N6O2.HI/c1-4-25-24(27-17-23-29-28-18-30(23)20-10-8-7-9-11-20)26-15-14-19-12-13-21(31-5-2)22(16-19)32-6-3;/h7-13,16,18H,4-6,14-15,17H2,1-3H3,(H2,25,26,27);1H. The van der Waals surface area contributed by atoms with E-state index in [0.29, 0.717) is 19.8 Å². The fourth-order valence-corrected chi connectivity index (χ4v) is 3.24. The van der Waals surface area contributed by atoms with E-state index in [1.807, 2.05) is 67.8 Å². The number of nitrogens with one attached hydrogen (secondary N) is 2. The molecule has 33 heavy (non-hydrogen) atoms. The summed E-state index contributed by atoms with van der Waals surface area (Å²) in [6.07, 6.45) is 2.54. The summed E-state index contributed by atoms with van der Waals surface area (Å²) >= 11 is 0. The number of para-hydroxylation sites is 1. The van der Waals surface area contributed by atoms with Crippen LogP contribution in [0.15, 0.2) is 59.9 Å². The van der Waals surface area contributed by atoms with E-state index in [-0.39, 0.29) is 24.0 Å². The van der Waals surface area contributed by atoms with E-state index in [1.54, 1.807) is 6.33 Å². The van der Waals surface area contributed by atoms with Crippen LogP contribution in [0.3, 0.4) is 0 Å². The SMILES string of the molecule is CCNC(=NCc1nncn1-c1ccccc1)NCCc1ccc(OCC)c(OCC)c1.I. The minimum Gasteiger partial charge on any atom is -0.490 e. The molecule has 0 amide bonds. The van der Waals surface area contributed by atoms with E-state index >= 15 is 0 Å². The summed E-state index contributed by atoms with van der Waals surface area (Å²) in [4.78, 5) is 4.69. The average molecular weight is 564 g/mol. The minimum atomic E-state index is 0. The summed E-state index contributed by atoms with van der Waals surface area (Å²) in [5.41, 5.74) is 2.19. The number of rotatable bonds is 11. The van der Waals surface area contributed by atoms with E-state index in [0.717, 1.165) is 48.5 Å². The second-order valence-corrected chi connectivity index (χ2v) is 6.97. The van der Waals surface area contributed by atoms with E-state index in [2.05, 4.69) is 31.9 Å². The molecular formula is C24H33IN6O2. The predicted octanol–water partition coefficient (Wildman–Crippen LogP) is 3.98. The lowest BCUT2D eigenvalue weighted by Crippen LogP contribution is -2.38. The molecule has 0 spiro atoms.